The van der Waals surface area contributed by atoms with Crippen LogP contribution in [0.2, 0.25) is 0 Å². The summed E-state index contributed by atoms with van der Waals surface area (Å²) in [5.41, 5.74) is 0.103. The van der Waals surface area contributed by atoms with Crippen LogP contribution >= 0.6 is 0 Å². The standard InChI is InChI=1S/C13H10F2N2O2/c1-8(18)12-4-5-13(19)17(16-12)7-9-2-3-10(14)11(15)6-9/h2-6H,7H2,1H3. The molecule has 0 atom stereocenters. The molecule has 0 bridgehead atoms. The average Bonchev–Trinajstić information content (AvgIpc) is 2.36. The van der Waals surface area contributed by atoms with Crippen LogP contribution in [0.5, 0.6) is 0 Å². The van der Waals surface area contributed by atoms with Gasteiger partial charge in [-0.25, -0.2) is 13.5 Å². The molecule has 0 amide bonds. The Labute approximate surface area is 107 Å². The Morgan fingerprint density at radius 1 is 1.21 bits per heavy atom. The molecule has 0 unspecified atom stereocenters. The number of Topliss-reactive ketones (excluding diaryl/α,β-unsaturated/α-hetero) is 1. The van der Waals surface area contributed by atoms with Crippen LogP contribution < -0.4 is 5.56 Å². The summed E-state index contributed by atoms with van der Waals surface area (Å²) in [6.07, 6.45) is 0. The first-order chi connectivity index (χ1) is 8.97. The molecule has 4 nitrogen and oxygen atoms in total. The van der Waals surface area contributed by atoms with Gasteiger partial charge in [0.05, 0.1) is 6.54 Å². The Hall–Kier alpha value is -2.37. The zero-order valence-corrected chi connectivity index (χ0v) is 10.1. The monoisotopic (exact) mass is 264 g/mol. The van der Waals surface area contributed by atoms with Crippen molar-refractivity contribution in [3.63, 3.8) is 0 Å². The fraction of sp³-hybridized carbons (Fsp3) is 0.154. The first-order valence-electron chi connectivity index (χ1n) is 5.50. The molecule has 2 rings (SSSR count). The number of hydrogen-bond acceptors (Lipinski definition) is 3. The van der Waals surface area contributed by atoms with Gasteiger partial charge in [-0.15, -0.1) is 0 Å². The maximum Gasteiger partial charge on any atom is 0.267 e. The van der Waals surface area contributed by atoms with Gasteiger partial charge in [0.25, 0.3) is 5.56 Å². The number of nitrogens with zero attached hydrogens (tertiary/aromatic N) is 2. The van der Waals surface area contributed by atoms with Crippen LogP contribution in [0.15, 0.2) is 35.1 Å². The first kappa shape index (κ1) is 13.1. The predicted octanol–water partition coefficient (Wildman–Crippen LogP) is 1.77. The van der Waals surface area contributed by atoms with E-state index in [1.807, 2.05) is 0 Å². The van der Waals surface area contributed by atoms with E-state index in [1.165, 1.54) is 25.1 Å². The van der Waals surface area contributed by atoms with Crippen LogP contribution in [0.1, 0.15) is 23.0 Å². The number of aromatic nitrogens is 2. The van der Waals surface area contributed by atoms with Gasteiger partial charge in [-0.2, -0.15) is 5.10 Å². The van der Waals surface area contributed by atoms with Gasteiger partial charge in [0.1, 0.15) is 5.69 Å². The summed E-state index contributed by atoms with van der Waals surface area (Å²) >= 11 is 0. The van der Waals surface area contributed by atoms with Gasteiger partial charge in [0.15, 0.2) is 17.4 Å². The van der Waals surface area contributed by atoms with E-state index in [4.69, 9.17) is 0 Å². The molecule has 0 N–H and O–H groups in total. The molecule has 0 saturated carbocycles. The summed E-state index contributed by atoms with van der Waals surface area (Å²) < 4.78 is 26.9. The molecule has 98 valence electrons. The summed E-state index contributed by atoms with van der Waals surface area (Å²) in [6.45, 7) is 1.30. The number of benzene rings is 1. The lowest BCUT2D eigenvalue weighted by molar-refractivity contribution is 0.101. The van der Waals surface area contributed by atoms with Gasteiger partial charge >= 0.3 is 0 Å². The van der Waals surface area contributed by atoms with Crippen molar-refractivity contribution in [2.75, 3.05) is 0 Å². The Balaban J connectivity index is 2.37. The van der Waals surface area contributed by atoms with Crippen LogP contribution in [0.25, 0.3) is 0 Å². The molecule has 2 aromatic rings. The Kier molecular flexibility index (Phi) is 3.50. The van der Waals surface area contributed by atoms with Crippen molar-refractivity contribution in [3.8, 4) is 0 Å². The fourth-order valence-electron chi connectivity index (χ4n) is 1.56. The maximum absolute atomic E-state index is 13.1. The molecular formula is C13H10F2N2O2. The Morgan fingerprint density at radius 3 is 2.58 bits per heavy atom. The molecule has 0 radical (unpaired) electrons. The topological polar surface area (TPSA) is 52.0 Å². The lowest BCUT2D eigenvalue weighted by Crippen LogP contribution is -2.24. The highest BCUT2D eigenvalue weighted by Gasteiger charge is 2.07. The zero-order chi connectivity index (χ0) is 14.0. The Bertz CT molecular complexity index is 695. The van der Waals surface area contributed by atoms with Crippen molar-refractivity contribution in [2.45, 2.75) is 13.5 Å². The molecule has 1 heterocycles. The third-order valence-corrected chi connectivity index (χ3v) is 2.54. The molecular weight excluding hydrogens is 254 g/mol. The van der Waals surface area contributed by atoms with Crippen LogP contribution in [-0.2, 0) is 6.54 Å². The second-order valence-electron chi connectivity index (χ2n) is 4.02. The molecule has 0 fully saturated rings. The SMILES string of the molecule is CC(=O)c1ccc(=O)n(Cc2ccc(F)c(F)c2)n1. The summed E-state index contributed by atoms with van der Waals surface area (Å²) in [5, 5.41) is 3.86. The third-order valence-electron chi connectivity index (χ3n) is 2.54. The number of carbonyl (C=O) groups excluding carboxylic acids is 1. The lowest BCUT2D eigenvalue weighted by atomic mass is 10.2. The van der Waals surface area contributed by atoms with E-state index in [0.717, 1.165) is 16.8 Å². The number of halogens is 2. The third kappa shape index (κ3) is 2.90. The molecule has 0 aliphatic carbocycles. The smallest absolute Gasteiger partial charge is 0.267 e. The van der Waals surface area contributed by atoms with Gasteiger partial charge < -0.3 is 0 Å². The molecule has 0 spiro atoms. The minimum absolute atomic E-state index is 0.0306. The summed E-state index contributed by atoms with van der Waals surface area (Å²) in [6, 6.07) is 5.86. The number of ketones is 1. The second kappa shape index (κ2) is 5.09. The quantitative estimate of drug-likeness (QED) is 0.794. The van der Waals surface area contributed by atoms with E-state index in [1.54, 1.807) is 0 Å². The highest BCUT2D eigenvalue weighted by atomic mass is 19.2. The molecule has 1 aromatic carbocycles. The largest absolute Gasteiger partial charge is 0.293 e. The van der Waals surface area contributed by atoms with E-state index >= 15 is 0 Å². The van der Waals surface area contributed by atoms with Crippen LogP contribution in [-0.4, -0.2) is 15.6 Å². The van der Waals surface area contributed by atoms with Crippen molar-refractivity contribution in [3.05, 3.63) is 63.6 Å². The fourth-order valence-corrected chi connectivity index (χ4v) is 1.56. The summed E-state index contributed by atoms with van der Waals surface area (Å²) in [5.74, 6) is -2.23. The molecule has 1 aromatic heterocycles. The van der Waals surface area contributed by atoms with E-state index in [0.29, 0.717) is 5.56 Å². The zero-order valence-electron chi connectivity index (χ0n) is 10.1. The summed E-state index contributed by atoms with van der Waals surface area (Å²) in [4.78, 5) is 22.7. The predicted molar refractivity (Wildman–Crippen MR) is 64.0 cm³/mol. The minimum Gasteiger partial charge on any atom is -0.293 e. The molecule has 6 heteroatoms. The van der Waals surface area contributed by atoms with E-state index in [2.05, 4.69) is 5.10 Å². The highest BCUT2D eigenvalue weighted by Crippen LogP contribution is 2.09. The second-order valence-corrected chi connectivity index (χ2v) is 4.02. The van der Waals surface area contributed by atoms with Gasteiger partial charge in [-0.05, 0) is 23.8 Å². The molecule has 0 aliphatic rings. The van der Waals surface area contributed by atoms with Crippen molar-refractivity contribution in [1.29, 1.82) is 0 Å². The summed E-state index contributed by atoms with van der Waals surface area (Å²) in [7, 11) is 0. The van der Waals surface area contributed by atoms with E-state index < -0.39 is 17.2 Å². The van der Waals surface area contributed by atoms with Crippen molar-refractivity contribution < 1.29 is 13.6 Å². The van der Waals surface area contributed by atoms with Crippen LogP contribution in [0.3, 0.4) is 0 Å². The average molecular weight is 264 g/mol. The Morgan fingerprint density at radius 2 is 1.95 bits per heavy atom. The van der Waals surface area contributed by atoms with Crippen molar-refractivity contribution in [2.24, 2.45) is 0 Å². The minimum atomic E-state index is -0.992. The van der Waals surface area contributed by atoms with E-state index in [9.17, 15) is 18.4 Å². The number of rotatable bonds is 3. The normalized spacial score (nSPS) is 10.5. The van der Waals surface area contributed by atoms with Crippen molar-refractivity contribution in [1.82, 2.24) is 9.78 Å². The maximum atomic E-state index is 13.1. The first-order valence-corrected chi connectivity index (χ1v) is 5.50. The number of carbonyl (C=O) groups is 1. The molecule has 19 heavy (non-hydrogen) atoms. The van der Waals surface area contributed by atoms with Gasteiger partial charge in [0, 0.05) is 13.0 Å². The van der Waals surface area contributed by atoms with Crippen molar-refractivity contribution >= 4 is 5.78 Å². The molecule has 0 aliphatic heterocycles. The van der Waals surface area contributed by atoms with E-state index in [-0.39, 0.29) is 18.0 Å². The van der Waals surface area contributed by atoms with Crippen LogP contribution in [0.4, 0.5) is 8.78 Å². The lowest BCUT2D eigenvalue weighted by Gasteiger charge is -2.06. The number of hydrogen-bond donors (Lipinski definition) is 0. The van der Waals surface area contributed by atoms with Gasteiger partial charge in [0.2, 0.25) is 0 Å². The molecule has 0 saturated heterocycles. The highest BCUT2D eigenvalue weighted by molar-refractivity contribution is 5.91. The van der Waals surface area contributed by atoms with Crippen LogP contribution in [0, 0.1) is 11.6 Å². The van der Waals surface area contributed by atoms with Gasteiger partial charge in [-0.3, -0.25) is 9.59 Å². The van der Waals surface area contributed by atoms with Gasteiger partial charge in [-0.1, -0.05) is 6.07 Å².